The Morgan fingerprint density at radius 2 is 2.24 bits per heavy atom. The molecule has 21 heavy (non-hydrogen) atoms. The number of nitrogens with one attached hydrogen (secondary N) is 1. The molecular formula is C17H25NO3. The van der Waals surface area contributed by atoms with E-state index in [4.69, 9.17) is 9.47 Å². The average molecular weight is 291 g/mol. The van der Waals surface area contributed by atoms with Gasteiger partial charge in [-0.2, -0.15) is 0 Å². The van der Waals surface area contributed by atoms with Crippen LogP contribution in [0.5, 0.6) is 11.5 Å². The summed E-state index contributed by atoms with van der Waals surface area (Å²) in [4.78, 5) is 0. The predicted octanol–water partition coefficient (Wildman–Crippen LogP) is 2.41. The number of aliphatic hydroxyl groups is 1. The highest BCUT2D eigenvalue weighted by Crippen LogP contribution is 2.36. The van der Waals surface area contributed by atoms with Gasteiger partial charge in [-0.3, -0.25) is 0 Å². The van der Waals surface area contributed by atoms with Gasteiger partial charge in [0.1, 0.15) is 17.6 Å². The Hall–Kier alpha value is -1.26. The van der Waals surface area contributed by atoms with Gasteiger partial charge < -0.3 is 19.9 Å². The first kappa shape index (κ1) is 14.7. The van der Waals surface area contributed by atoms with Gasteiger partial charge in [0.05, 0.1) is 13.2 Å². The summed E-state index contributed by atoms with van der Waals surface area (Å²) < 4.78 is 11.6. The van der Waals surface area contributed by atoms with Crippen molar-refractivity contribution in [3.8, 4) is 11.5 Å². The fourth-order valence-electron chi connectivity index (χ4n) is 3.19. The van der Waals surface area contributed by atoms with Gasteiger partial charge in [-0.15, -0.1) is 0 Å². The molecule has 0 bridgehead atoms. The molecule has 0 radical (unpaired) electrons. The Morgan fingerprint density at radius 1 is 1.43 bits per heavy atom. The van der Waals surface area contributed by atoms with Gasteiger partial charge in [0.2, 0.25) is 0 Å². The van der Waals surface area contributed by atoms with Gasteiger partial charge in [0.15, 0.2) is 0 Å². The van der Waals surface area contributed by atoms with Crippen LogP contribution in [-0.2, 0) is 13.0 Å². The van der Waals surface area contributed by atoms with Crippen molar-refractivity contribution in [2.24, 2.45) is 0 Å². The number of ether oxygens (including phenoxy) is 2. The molecule has 1 atom stereocenters. The lowest BCUT2D eigenvalue weighted by atomic mass is 9.77. The Labute approximate surface area is 126 Å². The number of fused-ring (bicyclic) bond motifs is 1. The van der Waals surface area contributed by atoms with E-state index >= 15 is 0 Å². The lowest BCUT2D eigenvalue weighted by Crippen LogP contribution is -2.53. The maximum Gasteiger partial charge on any atom is 0.124 e. The zero-order valence-corrected chi connectivity index (χ0v) is 12.9. The van der Waals surface area contributed by atoms with Crippen LogP contribution in [0, 0.1) is 0 Å². The summed E-state index contributed by atoms with van der Waals surface area (Å²) in [6.07, 6.45) is 4.48. The number of hydrogen-bond donors (Lipinski definition) is 2. The van der Waals surface area contributed by atoms with Crippen LogP contribution in [0.2, 0.25) is 0 Å². The summed E-state index contributed by atoms with van der Waals surface area (Å²) in [7, 11) is 0. The minimum absolute atomic E-state index is 0.0867. The molecule has 0 amide bonds. The maximum absolute atomic E-state index is 9.56. The van der Waals surface area contributed by atoms with E-state index in [1.165, 1.54) is 12.0 Å². The van der Waals surface area contributed by atoms with Crippen LogP contribution < -0.4 is 14.8 Å². The number of aliphatic hydroxyl groups excluding tert-OH is 1. The van der Waals surface area contributed by atoms with Gasteiger partial charge in [-0.1, -0.05) is 0 Å². The number of rotatable bonds is 6. The largest absolute Gasteiger partial charge is 0.494 e. The highest BCUT2D eigenvalue weighted by molar-refractivity contribution is 5.48. The third-order valence-corrected chi connectivity index (χ3v) is 4.65. The first-order valence-corrected chi connectivity index (χ1v) is 7.97. The molecule has 1 unspecified atom stereocenters. The topological polar surface area (TPSA) is 50.7 Å². The van der Waals surface area contributed by atoms with Gasteiger partial charge in [0.25, 0.3) is 0 Å². The Bertz CT molecular complexity index is 505. The zero-order chi connectivity index (χ0) is 14.9. The van der Waals surface area contributed by atoms with Crippen LogP contribution in [0.3, 0.4) is 0 Å². The lowest BCUT2D eigenvalue weighted by molar-refractivity contribution is 0.0869. The maximum atomic E-state index is 9.56. The van der Waals surface area contributed by atoms with Crippen LogP contribution in [-0.4, -0.2) is 30.0 Å². The highest BCUT2D eigenvalue weighted by atomic mass is 16.5. The van der Waals surface area contributed by atoms with Crippen molar-refractivity contribution < 1.29 is 14.6 Å². The molecule has 4 heteroatoms. The van der Waals surface area contributed by atoms with E-state index in [0.29, 0.717) is 13.2 Å². The first-order valence-electron chi connectivity index (χ1n) is 7.97. The molecule has 116 valence electrons. The third kappa shape index (κ3) is 2.87. The fourth-order valence-corrected chi connectivity index (χ4v) is 3.19. The minimum Gasteiger partial charge on any atom is -0.494 e. The van der Waals surface area contributed by atoms with Crippen molar-refractivity contribution in [1.82, 2.24) is 5.32 Å². The van der Waals surface area contributed by atoms with Gasteiger partial charge in [-0.05, 0) is 45.2 Å². The van der Waals surface area contributed by atoms with Crippen LogP contribution in [0.1, 0.15) is 44.2 Å². The van der Waals surface area contributed by atoms with Crippen molar-refractivity contribution in [3.63, 3.8) is 0 Å². The summed E-state index contributed by atoms with van der Waals surface area (Å²) in [6.45, 7) is 5.67. The summed E-state index contributed by atoms with van der Waals surface area (Å²) in [5.74, 6) is 1.92. The molecule has 1 aliphatic carbocycles. The summed E-state index contributed by atoms with van der Waals surface area (Å²) in [6, 6.07) is 4.21. The van der Waals surface area contributed by atoms with E-state index in [-0.39, 0.29) is 18.2 Å². The van der Waals surface area contributed by atoms with Crippen LogP contribution in [0.15, 0.2) is 12.1 Å². The van der Waals surface area contributed by atoms with Crippen LogP contribution in [0.4, 0.5) is 0 Å². The van der Waals surface area contributed by atoms with E-state index in [1.807, 2.05) is 6.92 Å². The second kappa shape index (κ2) is 5.85. The summed E-state index contributed by atoms with van der Waals surface area (Å²) >= 11 is 0. The molecule has 1 aromatic carbocycles. The molecule has 3 rings (SSSR count). The van der Waals surface area contributed by atoms with E-state index in [2.05, 4.69) is 24.4 Å². The van der Waals surface area contributed by atoms with Gasteiger partial charge in [-0.25, -0.2) is 0 Å². The van der Waals surface area contributed by atoms with Crippen molar-refractivity contribution in [2.75, 3.05) is 13.2 Å². The molecule has 0 spiro atoms. The van der Waals surface area contributed by atoms with Crippen LogP contribution >= 0.6 is 0 Å². The van der Waals surface area contributed by atoms with Crippen molar-refractivity contribution in [2.45, 2.75) is 57.7 Å². The van der Waals surface area contributed by atoms with Gasteiger partial charge >= 0.3 is 0 Å². The molecule has 4 nitrogen and oxygen atoms in total. The normalized spacial score (nSPS) is 22.3. The number of hydrogen-bond acceptors (Lipinski definition) is 4. The molecule has 1 heterocycles. The SMILES string of the molecule is CCOc1cc2c(cc1CNC1(CO)CCC1)OC(C)C2. The number of benzene rings is 1. The molecule has 2 N–H and O–H groups in total. The molecule has 2 aliphatic rings. The molecule has 1 saturated carbocycles. The minimum atomic E-state index is -0.0867. The fraction of sp³-hybridized carbons (Fsp3) is 0.647. The molecule has 1 fully saturated rings. The molecular weight excluding hydrogens is 266 g/mol. The Kier molecular flexibility index (Phi) is 4.09. The Morgan fingerprint density at radius 3 is 2.86 bits per heavy atom. The van der Waals surface area contributed by atoms with E-state index in [1.54, 1.807) is 0 Å². The monoisotopic (exact) mass is 291 g/mol. The van der Waals surface area contributed by atoms with Crippen molar-refractivity contribution >= 4 is 0 Å². The predicted molar refractivity (Wildman–Crippen MR) is 81.9 cm³/mol. The van der Waals surface area contributed by atoms with E-state index in [0.717, 1.165) is 36.3 Å². The van der Waals surface area contributed by atoms with Crippen molar-refractivity contribution in [1.29, 1.82) is 0 Å². The lowest BCUT2D eigenvalue weighted by Gasteiger charge is -2.41. The Balaban J connectivity index is 1.78. The summed E-state index contributed by atoms with van der Waals surface area (Å²) in [5.41, 5.74) is 2.26. The third-order valence-electron chi connectivity index (χ3n) is 4.65. The molecule has 0 aromatic heterocycles. The molecule has 0 saturated heterocycles. The molecule has 1 aromatic rings. The zero-order valence-electron chi connectivity index (χ0n) is 12.9. The summed E-state index contributed by atoms with van der Waals surface area (Å²) in [5, 5.41) is 13.1. The average Bonchev–Trinajstić information content (AvgIpc) is 2.77. The van der Waals surface area contributed by atoms with Crippen molar-refractivity contribution in [3.05, 3.63) is 23.3 Å². The second-order valence-corrected chi connectivity index (χ2v) is 6.28. The van der Waals surface area contributed by atoms with Gasteiger partial charge in [0, 0.05) is 29.6 Å². The quantitative estimate of drug-likeness (QED) is 0.845. The molecule has 1 aliphatic heterocycles. The smallest absolute Gasteiger partial charge is 0.124 e. The first-order chi connectivity index (χ1) is 10.2. The van der Waals surface area contributed by atoms with E-state index < -0.39 is 0 Å². The van der Waals surface area contributed by atoms with E-state index in [9.17, 15) is 5.11 Å². The highest BCUT2D eigenvalue weighted by Gasteiger charge is 2.35. The standard InChI is InChI=1S/C17H25NO3/c1-3-20-15-8-13-7-12(2)21-16(13)9-14(15)10-18-17(11-19)5-4-6-17/h8-9,12,18-19H,3-7,10-11H2,1-2H3. The van der Waals surface area contributed by atoms with Crippen LogP contribution in [0.25, 0.3) is 0 Å². The second-order valence-electron chi connectivity index (χ2n) is 6.28.